The zero-order valence-electron chi connectivity index (χ0n) is 21.3. The Labute approximate surface area is 211 Å². The van der Waals surface area contributed by atoms with Gasteiger partial charge in [0, 0.05) is 20.0 Å². The number of aliphatic carboxylic acids is 1. The van der Waals surface area contributed by atoms with Gasteiger partial charge in [-0.1, -0.05) is 30.3 Å². The van der Waals surface area contributed by atoms with Crippen LogP contribution in [0.5, 0.6) is 0 Å². The molecule has 1 aromatic carbocycles. The van der Waals surface area contributed by atoms with Crippen LogP contribution in [0.3, 0.4) is 0 Å². The molecule has 2 aliphatic heterocycles. The van der Waals surface area contributed by atoms with Crippen molar-refractivity contribution in [2.45, 2.75) is 83.0 Å². The van der Waals surface area contributed by atoms with Gasteiger partial charge in [0.05, 0.1) is 6.61 Å². The molecule has 0 spiro atoms. The molecule has 4 atom stereocenters. The Morgan fingerprint density at radius 1 is 1.19 bits per heavy atom. The molecule has 1 aromatic rings. The second kappa shape index (κ2) is 12.3. The van der Waals surface area contributed by atoms with Crippen molar-refractivity contribution in [3.63, 3.8) is 0 Å². The van der Waals surface area contributed by atoms with Gasteiger partial charge in [-0.3, -0.25) is 24.7 Å². The zero-order valence-corrected chi connectivity index (χ0v) is 21.3. The van der Waals surface area contributed by atoms with Gasteiger partial charge >= 0.3 is 17.9 Å². The number of nitrogens with one attached hydrogen (secondary N) is 1. The Bertz CT molecular complexity index is 941. The van der Waals surface area contributed by atoms with Gasteiger partial charge in [0.2, 0.25) is 0 Å². The van der Waals surface area contributed by atoms with Crippen LogP contribution >= 0.6 is 0 Å². The number of rotatable bonds is 10. The Balaban J connectivity index is 2.00. The predicted molar refractivity (Wildman–Crippen MR) is 131 cm³/mol. The van der Waals surface area contributed by atoms with Gasteiger partial charge in [-0.15, -0.1) is 0 Å². The third kappa shape index (κ3) is 6.22. The topological polar surface area (TPSA) is 125 Å². The molecule has 0 radical (unpaired) electrons. The molecular weight excluding hydrogens is 466 g/mol. The van der Waals surface area contributed by atoms with E-state index in [9.17, 15) is 24.3 Å². The van der Waals surface area contributed by atoms with Crippen LogP contribution in [0.25, 0.3) is 0 Å². The van der Waals surface area contributed by atoms with E-state index in [-0.39, 0.29) is 13.0 Å². The Kier molecular flexibility index (Phi) is 9.44. The zero-order chi connectivity index (χ0) is 26.3. The number of ether oxygens (including phenoxy) is 2. The first-order valence-corrected chi connectivity index (χ1v) is 12.7. The summed E-state index contributed by atoms with van der Waals surface area (Å²) in [5.41, 5.74) is -0.476. The van der Waals surface area contributed by atoms with Crippen molar-refractivity contribution in [2.75, 3.05) is 19.7 Å². The Morgan fingerprint density at radius 3 is 2.53 bits per heavy atom. The summed E-state index contributed by atoms with van der Waals surface area (Å²) in [5, 5.41) is 16.2. The van der Waals surface area contributed by atoms with Crippen LogP contribution < -0.4 is 5.32 Å². The van der Waals surface area contributed by atoms with Crippen LogP contribution in [-0.2, 0) is 35.1 Å². The van der Waals surface area contributed by atoms with Crippen molar-refractivity contribution in [3.05, 3.63) is 35.9 Å². The Hall–Kier alpha value is -2.98. The van der Waals surface area contributed by atoms with E-state index in [0.717, 1.165) is 5.56 Å². The van der Waals surface area contributed by atoms with E-state index in [2.05, 4.69) is 5.32 Å². The summed E-state index contributed by atoms with van der Waals surface area (Å²) in [6.07, 6.45) is 1.73. The number of carboxylic acid groups (broad SMARTS) is 1. The number of carbonyl (C=O) groups excluding carboxylic acids is 3. The van der Waals surface area contributed by atoms with Gasteiger partial charge in [0.25, 0.3) is 5.91 Å². The van der Waals surface area contributed by atoms with E-state index >= 15 is 0 Å². The summed E-state index contributed by atoms with van der Waals surface area (Å²) in [6.45, 7) is 5.80. The molecular formula is C26H37N3O7. The number of carboxylic acids is 1. The predicted octanol–water partition coefficient (Wildman–Crippen LogP) is 1.92. The Morgan fingerprint density at radius 2 is 1.89 bits per heavy atom. The molecule has 2 aliphatic rings. The minimum Gasteiger partial charge on any atom is -0.480 e. The van der Waals surface area contributed by atoms with Gasteiger partial charge in [-0.2, -0.15) is 0 Å². The fourth-order valence-corrected chi connectivity index (χ4v) is 5.20. The number of carbonyl (C=O) groups is 4. The number of benzene rings is 1. The third-order valence-corrected chi connectivity index (χ3v) is 6.96. The second-order valence-electron chi connectivity index (χ2n) is 9.40. The molecule has 198 valence electrons. The van der Waals surface area contributed by atoms with Gasteiger partial charge in [0.15, 0.2) is 0 Å². The average Bonchev–Trinajstić information content (AvgIpc) is 2.99. The monoisotopic (exact) mass is 503 g/mol. The summed E-state index contributed by atoms with van der Waals surface area (Å²) >= 11 is 0. The fraction of sp³-hybridized carbons (Fsp3) is 0.615. The average molecular weight is 504 g/mol. The molecule has 10 heteroatoms. The van der Waals surface area contributed by atoms with Gasteiger partial charge in [0.1, 0.15) is 23.7 Å². The molecule has 1 amide bonds. The number of hydrogen-bond donors (Lipinski definition) is 2. The number of nitrogens with zero attached hydrogens (tertiary/aromatic N) is 2. The summed E-state index contributed by atoms with van der Waals surface area (Å²) < 4.78 is 10.9. The van der Waals surface area contributed by atoms with Crippen LogP contribution in [0.1, 0.15) is 58.4 Å². The molecule has 2 heterocycles. The van der Waals surface area contributed by atoms with Crippen LogP contribution in [0, 0.1) is 0 Å². The van der Waals surface area contributed by atoms with Crippen molar-refractivity contribution in [1.82, 2.24) is 15.3 Å². The maximum Gasteiger partial charge on any atom is 0.328 e. The molecule has 10 nitrogen and oxygen atoms in total. The summed E-state index contributed by atoms with van der Waals surface area (Å²) in [4.78, 5) is 51.3. The number of esters is 2. The maximum atomic E-state index is 14.2. The molecule has 0 bridgehead atoms. The highest BCUT2D eigenvalue weighted by Gasteiger charge is 2.54. The highest BCUT2D eigenvalue weighted by atomic mass is 16.5. The van der Waals surface area contributed by atoms with Crippen molar-refractivity contribution >= 4 is 23.8 Å². The smallest absolute Gasteiger partial charge is 0.328 e. The normalized spacial score (nSPS) is 24.2. The maximum absolute atomic E-state index is 14.2. The van der Waals surface area contributed by atoms with Gasteiger partial charge in [-0.05, 0) is 57.9 Å². The molecule has 0 saturated carbocycles. The number of amides is 1. The largest absolute Gasteiger partial charge is 0.480 e. The van der Waals surface area contributed by atoms with Crippen molar-refractivity contribution < 1.29 is 33.8 Å². The van der Waals surface area contributed by atoms with E-state index < -0.39 is 47.5 Å². The lowest BCUT2D eigenvalue weighted by molar-refractivity contribution is -0.182. The van der Waals surface area contributed by atoms with E-state index in [4.69, 9.17) is 9.47 Å². The third-order valence-electron chi connectivity index (χ3n) is 6.96. The highest BCUT2D eigenvalue weighted by molar-refractivity contribution is 5.92. The van der Waals surface area contributed by atoms with Crippen molar-refractivity contribution in [2.24, 2.45) is 0 Å². The van der Waals surface area contributed by atoms with Gasteiger partial charge < -0.3 is 14.6 Å². The lowest BCUT2D eigenvalue weighted by atomic mass is 9.84. The van der Waals surface area contributed by atoms with Gasteiger partial charge in [-0.25, -0.2) is 9.80 Å². The fourth-order valence-electron chi connectivity index (χ4n) is 5.20. The molecule has 0 aromatic heterocycles. The molecule has 2 fully saturated rings. The van der Waals surface area contributed by atoms with E-state index in [1.54, 1.807) is 18.9 Å². The number of hydrogen-bond acceptors (Lipinski definition) is 8. The van der Waals surface area contributed by atoms with E-state index in [0.29, 0.717) is 45.2 Å². The minimum atomic E-state index is -1.50. The first kappa shape index (κ1) is 27.6. The molecule has 2 N–H and O–H groups in total. The van der Waals surface area contributed by atoms with E-state index in [1.165, 1.54) is 11.9 Å². The molecule has 36 heavy (non-hydrogen) atoms. The van der Waals surface area contributed by atoms with Crippen LogP contribution in [-0.4, -0.2) is 82.4 Å². The van der Waals surface area contributed by atoms with Crippen LogP contribution in [0.15, 0.2) is 30.3 Å². The summed E-state index contributed by atoms with van der Waals surface area (Å²) in [5.74, 6) is -2.67. The lowest BCUT2D eigenvalue weighted by Crippen LogP contribution is -2.71. The second-order valence-corrected chi connectivity index (χ2v) is 9.40. The summed E-state index contributed by atoms with van der Waals surface area (Å²) in [7, 11) is 0. The first-order valence-electron chi connectivity index (χ1n) is 12.7. The summed E-state index contributed by atoms with van der Waals surface area (Å²) in [6, 6.07) is 7.76. The van der Waals surface area contributed by atoms with Crippen molar-refractivity contribution in [1.29, 1.82) is 0 Å². The van der Waals surface area contributed by atoms with Crippen molar-refractivity contribution in [3.8, 4) is 0 Å². The highest BCUT2D eigenvalue weighted by Crippen LogP contribution is 2.33. The number of hydrazine groups is 1. The standard InChI is InChI=1S/C26H37N3O7/c1-4-35-24(33)21(14-13-20-10-6-5-7-11-20)27-26(18(2)36-19(3)30)15-9-17-28-16-8-12-22(23(31)32)29(28)25(26)34/h5-7,10-11,18,21-22,27H,4,8-9,12-17H2,1-3H3,(H,31,32)/t18-,21-,22?,26+/m0/s1. The van der Waals surface area contributed by atoms with Crippen LogP contribution in [0.2, 0.25) is 0 Å². The number of aryl methyl sites for hydroxylation is 1. The lowest BCUT2D eigenvalue weighted by Gasteiger charge is -2.46. The first-order chi connectivity index (χ1) is 17.2. The molecule has 3 rings (SSSR count). The SMILES string of the molecule is CCOC(=O)[C@H](CCc1ccccc1)N[C@@]1([C@H](C)OC(C)=O)CCCN2CCCC(C(=O)O)N2C1=O. The van der Waals surface area contributed by atoms with E-state index in [1.807, 2.05) is 30.3 Å². The molecule has 2 saturated heterocycles. The van der Waals surface area contributed by atoms with Crippen LogP contribution in [0.4, 0.5) is 0 Å². The minimum absolute atomic E-state index is 0.170. The molecule has 1 unspecified atom stereocenters. The number of fused-ring (bicyclic) bond motifs is 1. The quantitative estimate of drug-likeness (QED) is 0.461. The molecule has 0 aliphatic carbocycles.